The smallest absolute Gasteiger partial charge is 0.238 e. The Bertz CT molecular complexity index is 438. The molecule has 19 heavy (non-hydrogen) atoms. The number of amides is 2. The van der Waals surface area contributed by atoms with Gasteiger partial charge in [-0.3, -0.25) is 14.5 Å². The zero-order valence-electron chi connectivity index (χ0n) is 10.6. The molecular formula is C13H16ClNO4. The fraction of sp³-hybridized carbons (Fsp3) is 0.385. The summed E-state index contributed by atoms with van der Waals surface area (Å²) in [6.07, 6.45) is 0.431. The molecule has 0 heterocycles. The first-order valence-corrected chi connectivity index (χ1v) is 6.13. The predicted octanol–water partition coefficient (Wildman–Crippen LogP) is 1.05. The summed E-state index contributed by atoms with van der Waals surface area (Å²) in [7, 11) is 1.48. The van der Waals surface area contributed by atoms with E-state index in [1.165, 1.54) is 7.11 Å². The van der Waals surface area contributed by atoms with E-state index in [1.807, 2.05) is 0 Å². The fourth-order valence-corrected chi connectivity index (χ4v) is 1.94. The van der Waals surface area contributed by atoms with Gasteiger partial charge < -0.3 is 9.84 Å². The molecular weight excluding hydrogens is 270 g/mol. The largest absolute Gasteiger partial charge is 0.395 e. The summed E-state index contributed by atoms with van der Waals surface area (Å²) in [6, 6.07) is 6.73. The highest BCUT2D eigenvalue weighted by molar-refractivity contribution is 6.31. The number of hydrogen-bond donors (Lipinski definition) is 1. The minimum absolute atomic E-state index is 0.139. The second-order valence-electron chi connectivity index (χ2n) is 3.89. The summed E-state index contributed by atoms with van der Waals surface area (Å²) in [5, 5.41) is 9.77. The first-order chi connectivity index (χ1) is 9.15. The summed E-state index contributed by atoms with van der Waals surface area (Å²) < 4.78 is 4.83. The van der Waals surface area contributed by atoms with Gasteiger partial charge in [-0.25, -0.2) is 0 Å². The number of halogens is 1. The summed E-state index contributed by atoms with van der Waals surface area (Å²) in [5.74, 6) is -1.35. The van der Waals surface area contributed by atoms with Crippen LogP contribution < -0.4 is 0 Å². The zero-order chi connectivity index (χ0) is 14.3. The van der Waals surface area contributed by atoms with Crippen LogP contribution in [0.3, 0.4) is 0 Å². The van der Waals surface area contributed by atoms with Gasteiger partial charge in [-0.05, 0) is 11.6 Å². The lowest BCUT2D eigenvalue weighted by molar-refractivity contribution is -0.140. The molecule has 0 fully saturated rings. The average molecular weight is 286 g/mol. The van der Waals surface area contributed by atoms with Crippen LogP contribution >= 0.6 is 11.6 Å². The van der Waals surface area contributed by atoms with Crippen LogP contribution in [-0.2, 0) is 14.3 Å². The second kappa shape index (κ2) is 7.89. The van der Waals surface area contributed by atoms with E-state index in [-0.39, 0.29) is 13.2 Å². The van der Waals surface area contributed by atoms with Crippen LogP contribution in [0.2, 0.25) is 5.02 Å². The van der Waals surface area contributed by atoms with Crippen molar-refractivity contribution in [3.8, 4) is 0 Å². The number of ether oxygens (including phenoxy) is 1. The predicted molar refractivity (Wildman–Crippen MR) is 70.9 cm³/mol. The lowest BCUT2D eigenvalue weighted by Gasteiger charge is -2.21. The Hall–Kier alpha value is -1.43. The van der Waals surface area contributed by atoms with E-state index in [4.69, 9.17) is 16.3 Å². The van der Waals surface area contributed by atoms with Crippen molar-refractivity contribution >= 4 is 23.9 Å². The van der Waals surface area contributed by atoms with Gasteiger partial charge in [-0.15, -0.1) is 0 Å². The molecule has 0 aliphatic heterocycles. The van der Waals surface area contributed by atoms with E-state index in [2.05, 4.69) is 0 Å². The molecule has 0 bridgehead atoms. The van der Waals surface area contributed by atoms with E-state index >= 15 is 0 Å². The number of nitrogens with zero attached hydrogens (tertiary/aromatic N) is 1. The highest BCUT2D eigenvalue weighted by Crippen LogP contribution is 2.25. The molecule has 104 valence electrons. The molecule has 6 heteroatoms. The van der Waals surface area contributed by atoms with Crippen LogP contribution in [0.5, 0.6) is 0 Å². The minimum atomic E-state index is -0.851. The number of methoxy groups -OCH3 is 1. The molecule has 1 aromatic carbocycles. The third-order valence-electron chi connectivity index (χ3n) is 2.71. The highest BCUT2D eigenvalue weighted by Gasteiger charge is 2.26. The zero-order valence-corrected chi connectivity index (χ0v) is 11.3. The van der Waals surface area contributed by atoms with E-state index in [0.29, 0.717) is 17.0 Å². The maximum absolute atomic E-state index is 12.2. The number of benzene rings is 1. The second-order valence-corrected chi connectivity index (χ2v) is 4.29. The molecule has 0 spiro atoms. The normalized spacial score (nSPS) is 11.9. The Labute approximate surface area is 116 Å². The van der Waals surface area contributed by atoms with Crippen molar-refractivity contribution in [3.05, 3.63) is 34.9 Å². The quantitative estimate of drug-likeness (QED) is 0.761. The standard InChI is InChI=1S/C13H16ClNO4/c1-19-7-6-15(9-17)13(18)11(8-16)10-4-2-3-5-12(10)14/h2-5,9,11,16H,6-8H2,1H3. The van der Waals surface area contributed by atoms with Crippen molar-refractivity contribution in [2.75, 3.05) is 26.9 Å². The van der Waals surface area contributed by atoms with Crippen molar-refractivity contribution in [2.45, 2.75) is 5.92 Å². The van der Waals surface area contributed by atoms with Gasteiger partial charge in [-0.2, -0.15) is 0 Å². The fourth-order valence-electron chi connectivity index (χ4n) is 1.67. The first-order valence-electron chi connectivity index (χ1n) is 5.75. The lowest BCUT2D eigenvalue weighted by Crippen LogP contribution is -2.37. The molecule has 1 N–H and O–H groups in total. The molecule has 5 nitrogen and oxygen atoms in total. The molecule has 1 unspecified atom stereocenters. The Kier molecular flexibility index (Phi) is 6.49. The van der Waals surface area contributed by atoms with Crippen LogP contribution in [0.1, 0.15) is 11.5 Å². The number of aliphatic hydroxyl groups is 1. The van der Waals surface area contributed by atoms with Crippen molar-refractivity contribution in [2.24, 2.45) is 0 Å². The van der Waals surface area contributed by atoms with Gasteiger partial charge in [0.05, 0.1) is 25.7 Å². The summed E-state index contributed by atoms with van der Waals surface area (Å²) in [6.45, 7) is -0.0369. The van der Waals surface area contributed by atoms with Gasteiger partial charge in [0.15, 0.2) is 0 Å². The third-order valence-corrected chi connectivity index (χ3v) is 3.05. The number of hydrogen-bond acceptors (Lipinski definition) is 4. The van der Waals surface area contributed by atoms with Gasteiger partial charge in [0, 0.05) is 12.1 Å². The molecule has 2 amide bonds. The first kappa shape index (κ1) is 15.6. The topological polar surface area (TPSA) is 66.8 Å². The number of imide groups is 1. The van der Waals surface area contributed by atoms with Gasteiger partial charge >= 0.3 is 0 Å². The average Bonchev–Trinajstić information content (AvgIpc) is 2.42. The third kappa shape index (κ3) is 4.02. The number of carbonyl (C=O) groups is 2. The monoisotopic (exact) mass is 285 g/mol. The maximum Gasteiger partial charge on any atom is 0.238 e. The lowest BCUT2D eigenvalue weighted by atomic mass is 9.98. The van der Waals surface area contributed by atoms with Crippen molar-refractivity contribution in [1.82, 2.24) is 4.90 Å². The van der Waals surface area contributed by atoms with Crippen molar-refractivity contribution in [1.29, 1.82) is 0 Å². The highest BCUT2D eigenvalue weighted by atomic mass is 35.5. The van der Waals surface area contributed by atoms with Crippen LogP contribution in [0.4, 0.5) is 0 Å². The summed E-state index contributed by atoms with van der Waals surface area (Å²) in [5.41, 5.74) is 0.501. The number of carbonyl (C=O) groups excluding carboxylic acids is 2. The molecule has 1 aromatic rings. The van der Waals surface area contributed by atoms with Crippen molar-refractivity contribution < 1.29 is 19.4 Å². The Morgan fingerprint density at radius 2 is 2.21 bits per heavy atom. The van der Waals surface area contributed by atoms with E-state index in [0.717, 1.165) is 4.90 Å². The maximum atomic E-state index is 12.2. The minimum Gasteiger partial charge on any atom is -0.395 e. The number of rotatable bonds is 7. The molecule has 0 saturated heterocycles. The molecule has 0 aliphatic rings. The molecule has 1 atom stereocenters. The van der Waals surface area contributed by atoms with E-state index < -0.39 is 18.4 Å². The Morgan fingerprint density at radius 1 is 1.53 bits per heavy atom. The van der Waals surface area contributed by atoms with E-state index in [9.17, 15) is 14.7 Å². The van der Waals surface area contributed by atoms with Crippen LogP contribution in [0.15, 0.2) is 24.3 Å². The Morgan fingerprint density at radius 3 is 2.74 bits per heavy atom. The van der Waals surface area contributed by atoms with Crippen LogP contribution in [0.25, 0.3) is 0 Å². The van der Waals surface area contributed by atoms with Gasteiger partial charge in [-0.1, -0.05) is 29.8 Å². The van der Waals surface area contributed by atoms with Gasteiger partial charge in [0.2, 0.25) is 12.3 Å². The van der Waals surface area contributed by atoms with E-state index in [1.54, 1.807) is 24.3 Å². The Balaban J connectivity index is 2.93. The SMILES string of the molecule is COCCN(C=O)C(=O)C(CO)c1ccccc1Cl. The molecule has 0 aliphatic carbocycles. The van der Waals surface area contributed by atoms with Crippen LogP contribution in [-0.4, -0.2) is 49.2 Å². The van der Waals surface area contributed by atoms with Gasteiger partial charge in [0.1, 0.15) is 0 Å². The molecule has 0 radical (unpaired) electrons. The molecule has 0 saturated carbocycles. The van der Waals surface area contributed by atoms with Crippen LogP contribution in [0, 0.1) is 0 Å². The molecule has 1 rings (SSSR count). The van der Waals surface area contributed by atoms with Gasteiger partial charge in [0.25, 0.3) is 0 Å². The molecule has 0 aromatic heterocycles. The summed E-state index contributed by atoms with van der Waals surface area (Å²) >= 11 is 6.00. The van der Waals surface area contributed by atoms with Crippen molar-refractivity contribution in [3.63, 3.8) is 0 Å². The number of aliphatic hydroxyl groups excluding tert-OH is 1. The summed E-state index contributed by atoms with van der Waals surface area (Å²) in [4.78, 5) is 24.1.